The van der Waals surface area contributed by atoms with E-state index in [1.54, 1.807) is 24.7 Å². The molecule has 0 aliphatic heterocycles. The number of benzene rings is 1. The number of hydrogen-bond donors (Lipinski definition) is 3. The lowest BCUT2D eigenvalue weighted by molar-refractivity contribution is 0.318. The molecule has 112 valence electrons. The van der Waals surface area contributed by atoms with Gasteiger partial charge >= 0.3 is 0 Å². The Hall–Kier alpha value is -2.41. The van der Waals surface area contributed by atoms with Crippen molar-refractivity contribution in [3.8, 4) is 0 Å². The van der Waals surface area contributed by atoms with Crippen LogP contribution in [0.2, 0.25) is 0 Å². The molecular formula is C14H18FN5O. The van der Waals surface area contributed by atoms with Crippen molar-refractivity contribution in [3.63, 3.8) is 0 Å². The van der Waals surface area contributed by atoms with Gasteiger partial charge in [-0.05, 0) is 13.0 Å². The van der Waals surface area contributed by atoms with Gasteiger partial charge in [0.2, 0.25) is 0 Å². The van der Waals surface area contributed by atoms with Crippen LogP contribution in [0.1, 0.15) is 18.1 Å². The van der Waals surface area contributed by atoms with Crippen molar-refractivity contribution >= 4 is 5.84 Å². The predicted molar refractivity (Wildman–Crippen MR) is 77.4 cm³/mol. The summed E-state index contributed by atoms with van der Waals surface area (Å²) >= 11 is 0. The van der Waals surface area contributed by atoms with Gasteiger partial charge < -0.3 is 20.8 Å². The minimum Gasteiger partial charge on any atom is -0.409 e. The average Bonchev–Trinajstić information content (AvgIpc) is 2.98. The molecule has 21 heavy (non-hydrogen) atoms. The highest BCUT2D eigenvalue weighted by Crippen LogP contribution is 2.13. The summed E-state index contributed by atoms with van der Waals surface area (Å²) < 4.78 is 16.2. The van der Waals surface area contributed by atoms with Crippen LogP contribution in [-0.2, 0) is 13.1 Å². The van der Waals surface area contributed by atoms with E-state index in [1.165, 1.54) is 6.07 Å². The smallest absolute Gasteiger partial charge is 0.173 e. The van der Waals surface area contributed by atoms with Gasteiger partial charge in [-0.25, -0.2) is 9.37 Å². The molecule has 0 aliphatic carbocycles. The number of oxime groups is 1. The van der Waals surface area contributed by atoms with Gasteiger partial charge in [-0.1, -0.05) is 17.3 Å². The molecule has 0 saturated heterocycles. The van der Waals surface area contributed by atoms with Gasteiger partial charge in [-0.15, -0.1) is 0 Å². The third kappa shape index (κ3) is 3.79. The quantitative estimate of drug-likeness (QED) is 0.324. The molecule has 0 spiro atoms. The average molecular weight is 291 g/mol. The van der Waals surface area contributed by atoms with Crippen molar-refractivity contribution in [1.82, 2.24) is 14.9 Å². The van der Waals surface area contributed by atoms with E-state index in [9.17, 15) is 4.39 Å². The van der Waals surface area contributed by atoms with Gasteiger partial charge in [0.1, 0.15) is 5.82 Å². The molecule has 0 fully saturated rings. The van der Waals surface area contributed by atoms with Crippen molar-refractivity contribution in [3.05, 3.63) is 53.9 Å². The Morgan fingerprint density at radius 2 is 2.38 bits per heavy atom. The summed E-state index contributed by atoms with van der Waals surface area (Å²) in [6.07, 6.45) is 5.32. The number of nitrogens with one attached hydrogen (secondary N) is 1. The van der Waals surface area contributed by atoms with Crippen molar-refractivity contribution in [2.24, 2.45) is 10.9 Å². The standard InChI is InChI=1S/C14H18FN5O/c1-10(8-20-6-5-17-9-20)18-7-11-3-2-4-12(13(11)15)14(16)19-21/h2-6,9-10,18,21H,7-8H2,1H3,(H2,16,19). The molecule has 1 aromatic heterocycles. The van der Waals surface area contributed by atoms with E-state index in [0.717, 1.165) is 6.54 Å². The zero-order valence-corrected chi connectivity index (χ0v) is 11.7. The fourth-order valence-corrected chi connectivity index (χ4v) is 2.03. The lowest BCUT2D eigenvalue weighted by Gasteiger charge is -2.15. The van der Waals surface area contributed by atoms with Gasteiger partial charge in [0.25, 0.3) is 0 Å². The topological polar surface area (TPSA) is 88.5 Å². The zero-order chi connectivity index (χ0) is 15.2. The maximum atomic E-state index is 14.2. The number of rotatable bonds is 6. The van der Waals surface area contributed by atoms with Crippen molar-refractivity contribution in [1.29, 1.82) is 0 Å². The highest BCUT2D eigenvalue weighted by Gasteiger charge is 2.12. The zero-order valence-electron chi connectivity index (χ0n) is 11.7. The van der Waals surface area contributed by atoms with Crippen LogP contribution < -0.4 is 11.1 Å². The summed E-state index contributed by atoms with van der Waals surface area (Å²) in [6.45, 7) is 3.10. The number of nitrogens with zero attached hydrogens (tertiary/aromatic N) is 3. The molecule has 0 bridgehead atoms. The summed E-state index contributed by atoms with van der Waals surface area (Å²) in [4.78, 5) is 3.97. The van der Waals surface area contributed by atoms with Crippen LogP contribution in [0.25, 0.3) is 0 Å². The molecule has 1 atom stereocenters. The summed E-state index contributed by atoms with van der Waals surface area (Å²) in [6, 6.07) is 4.96. The van der Waals surface area contributed by atoms with Crippen LogP contribution in [0.4, 0.5) is 4.39 Å². The number of aromatic nitrogens is 2. The van der Waals surface area contributed by atoms with E-state index in [-0.39, 0.29) is 17.4 Å². The molecular weight excluding hydrogens is 273 g/mol. The Kier molecular flexibility index (Phi) is 4.89. The third-order valence-electron chi connectivity index (χ3n) is 3.15. The van der Waals surface area contributed by atoms with Crippen LogP contribution in [0.3, 0.4) is 0 Å². The largest absolute Gasteiger partial charge is 0.409 e. The first-order valence-corrected chi connectivity index (χ1v) is 6.56. The summed E-state index contributed by atoms with van der Waals surface area (Å²) in [7, 11) is 0. The third-order valence-corrected chi connectivity index (χ3v) is 3.15. The molecule has 4 N–H and O–H groups in total. The maximum Gasteiger partial charge on any atom is 0.173 e. The second-order valence-electron chi connectivity index (χ2n) is 4.81. The van der Waals surface area contributed by atoms with E-state index >= 15 is 0 Å². The molecule has 0 amide bonds. The van der Waals surface area contributed by atoms with E-state index in [1.807, 2.05) is 17.7 Å². The minimum atomic E-state index is -0.477. The first-order chi connectivity index (χ1) is 10.1. The van der Waals surface area contributed by atoms with Gasteiger partial charge in [-0.3, -0.25) is 0 Å². The van der Waals surface area contributed by atoms with Gasteiger partial charge in [0, 0.05) is 37.1 Å². The van der Waals surface area contributed by atoms with E-state index in [2.05, 4.69) is 15.5 Å². The van der Waals surface area contributed by atoms with Crippen LogP contribution >= 0.6 is 0 Å². The normalized spacial score (nSPS) is 13.3. The number of hydrogen-bond acceptors (Lipinski definition) is 4. The monoisotopic (exact) mass is 291 g/mol. The van der Waals surface area contributed by atoms with E-state index < -0.39 is 5.82 Å². The lowest BCUT2D eigenvalue weighted by Crippen LogP contribution is -2.30. The van der Waals surface area contributed by atoms with Crippen molar-refractivity contribution in [2.75, 3.05) is 0 Å². The molecule has 1 aromatic carbocycles. The SMILES string of the molecule is CC(Cn1ccnc1)NCc1cccc(/C(N)=N/O)c1F. The highest BCUT2D eigenvalue weighted by molar-refractivity contribution is 5.97. The molecule has 2 aromatic rings. The van der Waals surface area contributed by atoms with E-state index in [4.69, 9.17) is 10.9 Å². The molecule has 1 unspecified atom stereocenters. The summed E-state index contributed by atoms with van der Waals surface area (Å²) in [5.41, 5.74) is 6.01. The van der Waals surface area contributed by atoms with Crippen LogP contribution in [0.5, 0.6) is 0 Å². The van der Waals surface area contributed by atoms with Crippen molar-refractivity contribution in [2.45, 2.75) is 26.1 Å². The minimum absolute atomic E-state index is 0.0964. The summed E-state index contributed by atoms with van der Waals surface area (Å²) in [5, 5.41) is 14.7. The Labute approximate surface area is 122 Å². The molecule has 0 radical (unpaired) electrons. The maximum absolute atomic E-state index is 14.2. The molecule has 0 aliphatic rings. The highest BCUT2D eigenvalue weighted by atomic mass is 19.1. The predicted octanol–water partition coefficient (Wildman–Crippen LogP) is 1.29. The van der Waals surface area contributed by atoms with Crippen molar-refractivity contribution < 1.29 is 9.60 Å². The Bertz CT molecular complexity index is 612. The Morgan fingerprint density at radius 1 is 1.57 bits per heavy atom. The molecule has 2 rings (SSSR count). The first-order valence-electron chi connectivity index (χ1n) is 6.56. The van der Waals surface area contributed by atoms with Gasteiger partial charge in [0.05, 0.1) is 11.9 Å². The van der Waals surface area contributed by atoms with E-state index in [0.29, 0.717) is 12.1 Å². The number of nitrogens with two attached hydrogens (primary N) is 1. The second kappa shape index (κ2) is 6.85. The lowest BCUT2D eigenvalue weighted by atomic mass is 10.1. The molecule has 1 heterocycles. The number of amidine groups is 1. The molecule has 7 heteroatoms. The number of imidazole rings is 1. The van der Waals surface area contributed by atoms with Gasteiger partial charge in [0.15, 0.2) is 5.84 Å². The fraction of sp³-hybridized carbons (Fsp3) is 0.286. The second-order valence-corrected chi connectivity index (χ2v) is 4.81. The Morgan fingerprint density at radius 3 is 3.05 bits per heavy atom. The fourth-order valence-electron chi connectivity index (χ4n) is 2.03. The molecule has 6 nitrogen and oxygen atoms in total. The summed E-state index contributed by atoms with van der Waals surface area (Å²) in [5.74, 6) is -0.712. The van der Waals surface area contributed by atoms with Crippen LogP contribution in [0, 0.1) is 5.82 Å². The van der Waals surface area contributed by atoms with Crippen LogP contribution in [0.15, 0.2) is 42.1 Å². The number of halogens is 1. The molecule has 0 saturated carbocycles. The van der Waals surface area contributed by atoms with Gasteiger partial charge in [-0.2, -0.15) is 0 Å². The first kappa shape index (κ1) is 15.0. The Balaban J connectivity index is 2.00. The van der Waals surface area contributed by atoms with Crippen LogP contribution in [-0.4, -0.2) is 26.6 Å².